The molecule has 0 amide bonds. The van der Waals surface area contributed by atoms with E-state index in [4.69, 9.17) is 29.0 Å². The molecule has 0 bridgehead atoms. The number of carbonyl (C=O) groups excluding carboxylic acids is 2. The van der Waals surface area contributed by atoms with Crippen LogP contribution in [-0.4, -0.2) is 61.5 Å². The molecule has 1 saturated heterocycles. The summed E-state index contributed by atoms with van der Waals surface area (Å²) in [5.74, 6) is -1.04. The number of hydrogen-bond donors (Lipinski definition) is 2. The quantitative estimate of drug-likeness (QED) is 0.0202. The summed E-state index contributed by atoms with van der Waals surface area (Å²) >= 11 is 0. The van der Waals surface area contributed by atoms with Gasteiger partial charge in [-0.25, -0.2) is 4.57 Å². The number of ether oxygens (including phenoxy) is 3. The van der Waals surface area contributed by atoms with Gasteiger partial charge in [0, 0.05) is 19.4 Å². The molecule has 0 aromatic rings. The summed E-state index contributed by atoms with van der Waals surface area (Å²) in [6.45, 7) is 3.37. The topological polar surface area (TPSA) is 147 Å². The standard InChI is InChI=1S/C49H76NO9P/c1-3-5-7-8-9-10-11-12-13-14-15-16-17-18-22-25-28-31-35-39-48(51)55-43-45(44-57-60(53,54)56-42-41-50)58-49(52)40-36-32-29-26-23-20-19-21-24-27-30-34-38-47-46(59-47)37-33-6-4-2/h6,9-10,12-13,15-16,18,20-24,28-34,45-47H,3-5,7-8,11,14,17,19,25-27,35-44,50H2,1-2H3,(H,53,54)/b10-9-,13-12-,16-15-,22-18-,23-20-,24-21-,31-28-,32-29-,33-6-,34-30-/t45-,46?,47?/m1/s1. The average molecular weight is 854 g/mol. The highest BCUT2D eigenvalue weighted by molar-refractivity contribution is 7.47. The second-order valence-corrected chi connectivity index (χ2v) is 15.7. The van der Waals surface area contributed by atoms with Gasteiger partial charge in [0.2, 0.25) is 0 Å². The first-order valence-corrected chi connectivity index (χ1v) is 23.6. The third-order valence-electron chi connectivity index (χ3n) is 8.76. The maximum absolute atomic E-state index is 12.6. The molecule has 1 heterocycles. The summed E-state index contributed by atoms with van der Waals surface area (Å²) in [6, 6.07) is 0. The van der Waals surface area contributed by atoms with Gasteiger partial charge in [0.15, 0.2) is 6.10 Å². The molecule has 0 radical (unpaired) electrons. The summed E-state index contributed by atoms with van der Waals surface area (Å²) in [4.78, 5) is 34.8. The van der Waals surface area contributed by atoms with E-state index in [1.165, 1.54) is 25.7 Å². The number of phosphoric acid groups is 1. The van der Waals surface area contributed by atoms with Gasteiger partial charge in [-0.2, -0.15) is 0 Å². The van der Waals surface area contributed by atoms with Gasteiger partial charge in [0.25, 0.3) is 0 Å². The van der Waals surface area contributed by atoms with Gasteiger partial charge in [-0.15, -0.1) is 0 Å². The zero-order valence-electron chi connectivity index (χ0n) is 36.6. The first kappa shape index (κ1) is 54.4. The molecule has 0 spiro atoms. The van der Waals surface area contributed by atoms with Crippen LogP contribution < -0.4 is 5.73 Å². The largest absolute Gasteiger partial charge is 0.472 e. The minimum atomic E-state index is -4.43. The predicted octanol–water partition coefficient (Wildman–Crippen LogP) is 11.9. The Bertz CT molecular complexity index is 1460. The highest BCUT2D eigenvalue weighted by Gasteiger charge is 2.36. The van der Waals surface area contributed by atoms with Crippen LogP contribution in [0, 0.1) is 0 Å². The Hall–Kier alpha value is -3.63. The number of rotatable bonds is 38. The number of unbranched alkanes of at least 4 members (excludes halogenated alkanes) is 3. The van der Waals surface area contributed by atoms with Crippen LogP contribution in [0.15, 0.2) is 122 Å². The molecule has 4 atom stereocenters. The lowest BCUT2D eigenvalue weighted by molar-refractivity contribution is -0.161. The van der Waals surface area contributed by atoms with E-state index < -0.39 is 32.5 Å². The normalized spacial score (nSPS) is 17.8. The number of carbonyl (C=O) groups is 2. The summed E-state index contributed by atoms with van der Waals surface area (Å²) in [5, 5.41) is 0. The van der Waals surface area contributed by atoms with Crippen molar-refractivity contribution >= 4 is 19.8 Å². The monoisotopic (exact) mass is 854 g/mol. The fraction of sp³-hybridized carbons (Fsp3) is 0.551. The molecule has 1 aliphatic heterocycles. The third kappa shape index (κ3) is 36.2. The molecule has 10 nitrogen and oxygen atoms in total. The van der Waals surface area contributed by atoms with E-state index in [9.17, 15) is 19.0 Å². The Kier molecular flexibility index (Phi) is 35.8. The Labute approximate surface area is 362 Å². The van der Waals surface area contributed by atoms with E-state index in [1.54, 1.807) is 0 Å². The SMILES string of the molecule is CC/C=C\CC1OC1C/C=C\C/C=C\C/C=C\C/C=C\CCC(=O)O[C@H](COC(=O)CC/C=C\C/C=C\C/C=C\C/C=C\C/C=C\CCCCC)COP(=O)(O)OCCN. The fourth-order valence-corrected chi connectivity index (χ4v) is 6.15. The number of hydrogen-bond acceptors (Lipinski definition) is 9. The van der Waals surface area contributed by atoms with Gasteiger partial charge in [-0.3, -0.25) is 18.6 Å². The van der Waals surface area contributed by atoms with Crippen molar-refractivity contribution in [3.05, 3.63) is 122 Å². The number of nitrogens with two attached hydrogens (primary N) is 1. The Morgan fingerprint density at radius 1 is 0.600 bits per heavy atom. The molecule has 3 unspecified atom stereocenters. The van der Waals surface area contributed by atoms with Crippen molar-refractivity contribution in [2.75, 3.05) is 26.4 Å². The Morgan fingerprint density at radius 2 is 1.05 bits per heavy atom. The minimum absolute atomic E-state index is 0.0234. The molecule has 0 aromatic heterocycles. The lowest BCUT2D eigenvalue weighted by Crippen LogP contribution is -2.29. The van der Waals surface area contributed by atoms with Gasteiger partial charge in [-0.05, 0) is 89.9 Å². The summed E-state index contributed by atoms with van der Waals surface area (Å²) in [5.41, 5.74) is 5.34. The Balaban J connectivity index is 2.29. The van der Waals surface area contributed by atoms with Gasteiger partial charge >= 0.3 is 19.8 Å². The fourth-order valence-electron chi connectivity index (χ4n) is 5.39. The summed E-state index contributed by atoms with van der Waals surface area (Å²) in [7, 11) is -4.43. The Morgan fingerprint density at radius 3 is 1.53 bits per heavy atom. The lowest BCUT2D eigenvalue weighted by atomic mass is 10.1. The van der Waals surface area contributed by atoms with E-state index >= 15 is 0 Å². The van der Waals surface area contributed by atoms with Crippen molar-refractivity contribution in [3.63, 3.8) is 0 Å². The van der Waals surface area contributed by atoms with Crippen LogP contribution in [0.1, 0.15) is 129 Å². The number of esters is 2. The zero-order chi connectivity index (χ0) is 43.6. The molecule has 3 N–H and O–H groups in total. The number of epoxide rings is 1. The summed E-state index contributed by atoms with van der Waals surface area (Å²) in [6.07, 6.45) is 57.3. The van der Waals surface area contributed by atoms with Crippen LogP contribution in [0.5, 0.6) is 0 Å². The van der Waals surface area contributed by atoms with Gasteiger partial charge in [0.05, 0.1) is 25.4 Å². The molecule has 0 aromatic carbocycles. The van der Waals surface area contributed by atoms with Crippen molar-refractivity contribution in [2.24, 2.45) is 5.73 Å². The zero-order valence-corrected chi connectivity index (χ0v) is 37.5. The predicted molar refractivity (Wildman–Crippen MR) is 246 cm³/mol. The molecule has 1 rings (SSSR count). The maximum atomic E-state index is 12.6. The minimum Gasteiger partial charge on any atom is -0.462 e. The molecule has 60 heavy (non-hydrogen) atoms. The van der Waals surface area contributed by atoms with Crippen molar-refractivity contribution in [1.29, 1.82) is 0 Å². The maximum Gasteiger partial charge on any atom is 0.472 e. The van der Waals surface area contributed by atoms with E-state index in [0.717, 1.165) is 64.2 Å². The molecule has 0 aliphatic carbocycles. The second-order valence-electron chi connectivity index (χ2n) is 14.2. The van der Waals surface area contributed by atoms with Gasteiger partial charge < -0.3 is 24.8 Å². The molecular formula is C49H76NO9P. The van der Waals surface area contributed by atoms with E-state index in [2.05, 4.69) is 111 Å². The van der Waals surface area contributed by atoms with E-state index in [-0.39, 0.29) is 32.6 Å². The summed E-state index contributed by atoms with van der Waals surface area (Å²) < 4.78 is 38.3. The molecule has 1 aliphatic rings. The highest BCUT2D eigenvalue weighted by Crippen LogP contribution is 2.43. The van der Waals surface area contributed by atoms with Crippen molar-refractivity contribution < 1.29 is 42.3 Å². The van der Waals surface area contributed by atoms with Crippen molar-refractivity contribution in [3.8, 4) is 0 Å². The van der Waals surface area contributed by atoms with E-state index in [1.807, 2.05) is 24.3 Å². The van der Waals surface area contributed by atoms with Gasteiger partial charge in [-0.1, -0.05) is 148 Å². The van der Waals surface area contributed by atoms with Crippen LogP contribution in [-0.2, 0) is 37.4 Å². The molecule has 1 fully saturated rings. The van der Waals surface area contributed by atoms with Crippen LogP contribution in [0.2, 0.25) is 0 Å². The highest BCUT2D eigenvalue weighted by atomic mass is 31.2. The van der Waals surface area contributed by atoms with Crippen molar-refractivity contribution in [2.45, 2.75) is 148 Å². The van der Waals surface area contributed by atoms with Gasteiger partial charge in [0.1, 0.15) is 6.61 Å². The van der Waals surface area contributed by atoms with Crippen LogP contribution in [0.4, 0.5) is 0 Å². The molecule has 336 valence electrons. The number of phosphoric ester groups is 1. The molecule has 11 heteroatoms. The smallest absolute Gasteiger partial charge is 0.462 e. The first-order valence-electron chi connectivity index (χ1n) is 22.1. The molecular weight excluding hydrogens is 778 g/mol. The lowest BCUT2D eigenvalue weighted by Gasteiger charge is -2.19. The van der Waals surface area contributed by atoms with E-state index in [0.29, 0.717) is 25.0 Å². The molecule has 0 saturated carbocycles. The third-order valence-corrected chi connectivity index (χ3v) is 9.74. The average Bonchev–Trinajstić information content (AvgIpc) is 3.99. The van der Waals surface area contributed by atoms with Crippen LogP contribution in [0.3, 0.4) is 0 Å². The van der Waals surface area contributed by atoms with Crippen LogP contribution >= 0.6 is 7.82 Å². The van der Waals surface area contributed by atoms with Crippen molar-refractivity contribution in [1.82, 2.24) is 0 Å². The second kappa shape index (κ2) is 39.5. The number of allylic oxidation sites excluding steroid dienone is 18. The van der Waals surface area contributed by atoms with Crippen LogP contribution in [0.25, 0.3) is 0 Å². The first-order chi connectivity index (χ1) is 29.3.